The molecule has 3 rings (SSSR count). The van der Waals surface area contributed by atoms with E-state index in [9.17, 15) is 0 Å². The molecule has 0 radical (unpaired) electrons. The Kier molecular flexibility index (Phi) is 2.32. The summed E-state index contributed by atoms with van der Waals surface area (Å²) >= 11 is 0. The average Bonchev–Trinajstić information content (AvgIpc) is 2.75. The van der Waals surface area contributed by atoms with Crippen LogP contribution in [0.4, 0.5) is 0 Å². The van der Waals surface area contributed by atoms with Crippen LogP contribution in [-0.2, 0) is 23.7 Å². The Morgan fingerprint density at radius 1 is 1.06 bits per heavy atom. The van der Waals surface area contributed by atoms with E-state index in [4.69, 9.17) is 23.7 Å². The van der Waals surface area contributed by atoms with Gasteiger partial charge in [-0.05, 0) is 33.8 Å². The molecule has 2 saturated heterocycles. The zero-order valence-electron chi connectivity index (χ0n) is 10.6. The quantitative estimate of drug-likeness (QED) is 0.697. The highest BCUT2D eigenvalue weighted by atomic mass is 16.8. The van der Waals surface area contributed by atoms with E-state index >= 15 is 0 Å². The zero-order valence-corrected chi connectivity index (χ0v) is 10.6. The molecule has 3 aliphatic rings. The molecular formula is C12H18O5. The molecule has 0 aromatic rings. The number of fused-ring (bicyclic) bond motifs is 1. The van der Waals surface area contributed by atoms with Gasteiger partial charge in [0.05, 0.1) is 6.61 Å². The van der Waals surface area contributed by atoms with Crippen LogP contribution < -0.4 is 0 Å². The van der Waals surface area contributed by atoms with Crippen LogP contribution in [0.3, 0.4) is 0 Å². The van der Waals surface area contributed by atoms with Crippen molar-refractivity contribution in [2.24, 2.45) is 0 Å². The monoisotopic (exact) mass is 242 g/mol. The lowest BCUT2D eigenvalue weighted by atomic mass is 10.2. The second-order valence-electron chi connectivity index (χ2n) is 5.47. The average molecular weight is 242 g/mol. The van der Waals surface area contributed by atoms with E-state index in [1.165, 1.54) is 0 Å². The van der Waals surface area contributed by atoms with Gasteiger partial charge in [-0.15, -0.1) is 0 Å². The first-order valence-corrected chi connectivity index (χ1v) is 5.90. The van der Waals surface area contributed by atoms with Gasteiger partial charge in [-0.25, -0.2) is 0 Å². The molecule has 0 spiro atoms. The van der Waals surface area contributed by atoms with Crippen LogP contribution >= 0.6 is 0 Å². The molecule has 0 aromatic heterocycles. The maximum absolute atomic E-state index is 5.72. The molecule has 0 N–H and O–H groups in total. The first-order chi connectivity index (χ1) is 7.85. The highest BCUT2D eigenvalue weighted by Crippen LogP contribution is 2.38. The summed E-state index contributed by atoms with van der Waals surface area (Å²) in [4.78, 5) is 0. The van der Waals surface area contributed by atoms with Gasteiger partial charge in [0.1, 0.15) is 18.0 Å². The van der Waals surface area contributed by atoms with Gasteiger partial charge in [-0.1, -0.05) is 0 Å². The maximum atomic E-state index is 5.72. The van der Waals surface area contributed by atoms with Gasteiger partial charge in [0, 0.05) is 0 Å². The molecule has 0 aliphatic carbocycles. The predicted octanol–water partition coefficient (Wildman–Crippen LogP) is 1.53. The minimum Gasteiger partial charge on any atom is -0.463 e. The van der Waals surface area contributed by atoms with Crippen molar-refractivity contribution in [1.29, 1.82) is 0 Å². The molecule has 96 valence electrons. The molecule has 3 heterocycles. The Morgan fingerprint density at radius 3 is 2.41 bits per heavy atom. The molecule has 5 nitrogen and oxygen atoms in total. The molecule has 3 aliphatic heterocycles. The van der Waals surface area contributed by atoms with Crippen LogP contribution in [0.15, 0.2) is 11.8 Å². The molecule has 3 unspecified atom stereocenters. The third-order valence-electron chi connectivity index (χ3n) is 2.99. The van der Waals surface area contributed by atoms with Crippen molar-refractivity contribution in [2.45, 2.75) is 57.8 Å². The first kappa shape index (κ1) is 11.5. The largest absolute Gasteiger partial charge is 0.463 e. The number of hydrogen-bond donors (Lipinski definition) is 0. The first-order valence-electron chi connectivity index (χ1n) is 5.90. The van der Waals surface area contributed by atoms with E-state index in [2.05, 4.69) is 0 Å². The van der Waals surface area contributed by atoms with Crippen LogP contribution in [0, 0.1) is 0 Å². The maximum Gasteiger partial charge on any atom is 0.232 e. The summed E-state index contributed by atoms with van der Waals surface area (Å²) in [6, 6.07) is 0. The third-order valence-corrected chi connectivity index (χ3v) is 2.99. The van der Waals surface area contributed by atoms with E-state index in [0.29, 0.717) is 6.61 Å². The smallest absolute Gasteiger partial charge is 0.232 e. The minimum atomic E-state index is -0.580. The van der Waals surface area contributed by atoms with Gasteiger partial charge in [0.2, 0.25) is 6.29 Å². The lowest BCUT2D eigenvalue weighted by Crippen LogP contribution is -2.25. The van der Waals surface area contributed by atoms with E-state index in [1.807, 2.05) is 33.8 Å². The van der Waals surface area contributed by atoms with Crippen molar-refractivity contribution >= 4 is 0 Å². The van der Waals surface area contributed by atoms with Crippen LogP contribution in [0.1, 0.15) is 27.7 Å². The van der Waals surface area contributed by atoms with Crippen molar-refractivity contribution in [1.82, 2.24) is 0 Å². The second-order valence-corrected chi connectivity index (χ2v) is 5.47. The van der Waals surface area contributed by atoms with Crippen molar-refractivity contribution in [3.05, 3.63) is 11.8 Å². The SMILES string of the molecule is CC1(C)OCC(C2=CC3OC(C)(C)OC3O2)O1. The van der Waals surface area contributed by atoms with Crippen LogP contribution in [-0.4, -0.2) is 36.7 Å². The molecule has 17 heavy (non-hydrogen) atoms. The summed E-state index contributed by atoms with van der Waals surface area (Å²) in [7, 11) is 0. The summed E-state index contributed by atoms with van der Waals surface area (Å²) in [5.74, 6) is -0.377. The van der Waals surface area contributed by atoms with Gasteiger partial charge < -0.3 is 23.7 Å². The highest BCUT2D eigenvalue weighted by molar-refractivity contribution is 5.13. The van der Waals surface area contributed by atoms with Gasteiger partial charge in [-0.3, -0.25) is 0 Å². The van der Waals surface area contributed by atoms with Gasteiger partial charge >= 0.3 is 0 Å². The summed E-state index contributed by atoms with van der Waals surface area (Å²) in [6.45, 7) is 8.03. The summed E-state index contributed by atoms with van der Waals surface area (Å²) in [6.07, 6.45) is 1.26. The second kappa shape index (κ2) is 3.45. The Labute approximate surface area is 101 Å². The molecule has 0 saturated carbocycles. The Bertz CT molecular complexity index is 360. The topological polar surface area (TPSA) is 46.2 Å². The van der Waals surface area contributed by atoms with Gasteiger partial charge in [0.25, 0.3) is 0 Å². The van der Waals surface area contributed by atoms with E-state index < -0.39 is 11.6 Å². The minimum absolute atomic E-state index is 0.146. The molecular weight excluding hydrogens is 224 g/mol. The molecule has 0 amide bonds. The summed E-state index contributed by atoms with van der Waals surface area (Å²) < 4.78 is 28.3. The van der Waals surface area contributed by atoms with E-state index in [1.54, 1.807) is 0 Å². The number of hydrogen-bond acceptors (Lipinski definition) is 5. The molecule has 2 fully saturated rings. The summed E-state index contributed by atoms with van der Waals surface area (Å²) in [5.41, 5.74) is 0. The third kappa shape index (κ3) is 2.08. The Hall–Kier alpha value is -0.620. The fourth-order valence-corrected chi connectivity index (χ4v) is 2.31. The fraction of sp³-hybridized carbons (Fsp3) is 0.833. The summed E-state index contributed by atoms with van der Waals surface area (Å²) in [5, 5.41) is 0. The Morgan fingerprint density at radius 2 is 1.82 bits per heavy atom. The number of rotatable bonds is 1. The molecule has 5 heteroatoms. The lowest BCUT2D eigenvalue weighted by Gasteiger charge is -2.20. The van der Waals surface area contributed by atoms with Crippen LogP contribution in [0.2, 0.25) is 0 Å². The van der Waals surface area contributed by atoms with Crippen LogP contribution in [0.5, 0.6) is 0 Å². The number of ether oxygens (including phenoxy) is 5. The zero-order chi connectivity index (χ0) is 12.3. The normalized spacial score (nSPS) is 42.1. The van der Waals surface area contributed by atoms with Crippen molar-refractivity contribution in [2.75, 3.05) is 6.61 Å². The highest BCUT2D eigenvalue weighted by Gasteiger charge is 2.48. The van der Waals surface area contributed by atoms with Gasteiger partial charge in [-0.2, -0.15) is 0 Å². The van der Waals surface area contributed by atoms with Crippen molar-refractivity contribution in [3.8, 4) is 0 Å². The van der Waals surface area contributed by atoms with E-state index in [-0.39, 0.29) is 18.5 Å². The van der Waals surface area contributed by atoms with E-state index in [0.717, 1.165) is 5.76 Å². The standard InChI is InChI=1S/C12H18O5/c1-11(2)13-6-9(16-11)7-5-8-10(14-7)17-12(3,4)15-8/h5,8-10H,6H2,1-4H3. The molecule has 3 atom stereocenters. The van der Waals surface area contributed by atoms with Crippen molar-refractivity contribution < 1.29 is 23.7 Å². The van der Waals surface area contributed by atoms with Crippen LogP contribution in [0.25, 0.3) is 0 Å². The molecule has 0 bridgehead atoms. The lowest BCUT2D eigenvalue weighted by molar-refractivity contribution is -0.188. The van der Waals surface area contributed by atoms with Gasteiger partial charge in [0.15, 0.2) is 11.6 Å². The molecule has 0 aromatic carbocycles. The van der Waals surface area contributed by atoms with Crippen molar-refractivity contribution in [3.63, 3.8) is 0 Å². The fourth-order valence-electron chi connectivity index (χ4n) is 2.31. The Balaban J connectivity index is 1.69. The predicted molar refractivity (Wildman–Crippen MR) is 57.9 cm³/mol.